The van der Waals surface area contributed by atoms with E-state index in [1.807, 2.05) is 53.4 Å². The quantitative estimate of drug-likeness (QED) is 0.584. The van der Waals surface area contributed by atoms with Gasteiger partial charge in [0.05, 0.1) is 7.11 Å². The van der Waals surface area contributed by atoms with Crippen LogP contribution in [0.4, 0.5) is 11.6 Å². The zero-order valence-corrected chi connectivity index (χ0v) is 19.6. The van der Waals surface area contributed by atoms with Gasteiger partial charge in [0.25, 0.3) is 5.91 Å². The van der Waals surface area contributed by atoms with Crippen LogP contribution >= 0.6 is 0 Å². The van der Waals surface area contributed by atoms with Crippen molar-refractivity contribution in [1.29, 1.82) is 0 Å². The number of hydrogen-bond donors (Lipinski definition) is 1. The summed E-state index contributed by atoms with van der Waals surface area (Å²) in [6, 6.07) is 16.0. The fourth-order valence-corrected chi connectivity index (χ4v) is 4.91. The number of likely N-dealkylation sites (tertiary alicyclic amines) is 2. The Morgan fingerprint density at radius 2 is 1.65 bits per heavy atom. The van der Waals surface area contributed by atoms with Crippen LogP contribution in [0, 0.1) is 0 Å². The van der Waals surface area contributed by atoms with Crippen LogP contribution in [0.25, 0.3) is 11.1 Å². The molecule has 2 saturated heterocycles. The Balaban J connectivity index is 1.20. The Hall–Kier alpha value is -3.45. The first-order chi connectivity index (χ1) is 16.7. The van der Waals surface area contributed by atoms with Crippen molar-refractivity contribution in [2.45, 2.75) is 31.7 Å². The zero-order valence-electron chi connectivity index (χ0n) is 19.6. The lowest BCUT2D eigenvalue weighted by molar-refractivity contribution is 0.0644. The molecule has 2 aromatic carbocycles. The first kappa shape index (κ1) is 22.3. The van der Waals surface area contributed by atoms with Gasteiger partial charge in [-0.25, -0.2) is 9.97 Å². The number of hydrogen-bond acceptors (Lipinski definition) is 6. The van der Waals surface area contributed by atoms with E-state index in [0.717, 1.165) is 48.5 Å². The molecule has 3 heterocycles. The van der Waals surface area contributed by atoms with Crippen molar-refractivity contribution in [1.82, 2.24) is 19.8 Å². The molecule has 176 valence electrons. The van der Waals surface area contributed by atoms with Gasteiger partial charge in [0, 0.05) is 48.3 Å². The number of nitrogens with zero attached hydrogens (tertiary/aromatic N) is 4. The molecule has 7 nitrogen and oxygen atoms in total. The van der Waals surface area contributed by atoms with Crippen LogP contribution < -0.4 is 10.1 Å². The Kier molecular flexibility index (Phi) is 6.72. The van der Waals surface area contributed by atoms with Crippen molar-refractivity contribution >= 4 is 17.5 Å². The highest BCUT2D eigenvalue weighted by Gasteiger charge is 2.28. The number of benzene rings is 2. The third-order valence-corrected chi connectivity index (χ3v) is 6.85. The summed E-state index contributed by atoms with van der Waals surface area (Å²) in [5, 5.41) is 3.22. The lowest BCUT2D eigenvalue weighted by Gasteiger charge is -2.36. The monoisotopic (exact) mass is 457 g/mol. The summed E-state index contributed by atoms with van der Waals surface area (Å²) in [5.41, 5.74) is 3.44. The Labute approximate surface area is 200 Å². The third kappa shape index (κ3) is 5.04. The number of amides is 1. The molecular formula is C27H31N5O2. The minimum Gasteiger partial charge on any atom is -0.497 e. The molecule has 5 rings (SSSR count). The van der Waals surface area contributed by atoms with Crippen LogP contribution in [0.3, 0.4) is 0 Å². The maximum absolute atomic E-state index is 13.1. The number of rotatable bonds is 6. The average Bonchev–Trinajstić information content (AvgIpc) is 3.44. The summed E-state index contributed by atoms with van der Waals surface area (Å²) in [6.07, 6.45) is 8.34. The zero-order chi connectivity index (χ0) is 23.3. The highest BCUT2D eigenvalue weighted by Crippen LogP contribution is 2.24. The van der Waals surface area contributed by atoms with E-state index in [-0.39, 0.29) is 5.91 Å². The van der Waals surface area contributed by atoms with E-state index in [2.05, 4.69) is 20.2 Å². The average molecular weight is 458 g/mol. The lowest BCUT2D eigenvalue weighted by Crippen LogP contribution is -2.45. The molecule has 34 heavy (non-hydrogen) atoms. The largest absolute Gasteiger partial charge is 0.497 e. The summed E-state index contributed by atoms with van der Waals surface area (Å²) < 4.78 is 5.21. The number of carbonyl (C=O) groups is 1. The molecule has 2 aliphatic heterocycles. The molecule has 0 saturated carbocycles. The van der Waals surface area contributed by atoms with Crippen molar-refractivity contribution in [3.63, 3.8) is 0 Å². The number of ether oxygens (including phenoxy) is 1. The van der Waals surface area contributed by atoms with Gasteiger partial charge in [-0.3, -0.25) is 4.79 Å². The van der Waals surface area contributed by atoms with E-state index in [4.69, 9.17) is 4.74 Å². The van der Waals surface area contributed by atoms with Gasteiger partial charge >= 0.3 is 0 Å². The molecule has 1 N–H and O–H groups in total. The van der Waals surface area contributed by atoms with Crippen molar-refractivity contribution < 1.29 is 9.53 Å². The molecule has 2 aliphatic rings. The minimum atomic E-state index is 0.0966. The van der Waals surface area contributed by atoms with Gasteiger partial charge < -0.3 is 19.9 Å². The molecule has 1 amide bonds. The van der Waals surface area contributed by atoms with Gasteiger partial charge in [-0.05, 0) is 74.7 Å². The Morgan fingerprint density at radius 3 is 2.32 bits per heavy atom. The molecule has 3 aromatic rings. The van der Waals surface area contributed by atoms with Gasteiger partial charge in [0.15, 0.2) is 0 Å². The second-order valence-electron chi connectivity index (χ2n) is 9.00. The van der Waals surface area contributed by atoms with Gasteiger partial charge in [-0.2, -0.15) is 0 Å². The molecule has 0 spiro atoms. The highest BCUT2D eigenvalue weighted by atomic mass is 16.5. The van der Waals surface area contributed by atoms with Crippen LogP contribution in [0.2, 0.25) is 0 Å². The maximum atomic E-state index is 13.1. The second-order valence-corrected chi connectivity index (χ2v) is 9.00. The molecule has 0 atom stereocenters. The van der Waals surface area contributed by atoms with E-state index in [9.17, 15) is 4.79 Å². The summed E-state index contributed by atoms with van der Waals surface area (Å²) in [5.74, 6) is 1.40. The van der Waals surface area contributed by atoms with Gasteiger partial charge in [-0.1, -0.05) is 18.2 Å². The smallest absolute Gasteiger partial charge is 0.253 e. The molecule has 0 aliphatic carbocycles. The van der Waals surface area contributed by atoms with Gasteiger partial charge in [0.2, 0.25) is 5.95 Å². The predicted molar refractivity (Wildman–Crippen MR) is 133 cm³/mol. The van der Waals surface area contributed by atoms with Crippen LogP contribution in [0.15, 0.2) is 60.9 Å². The van der Waals surface area contributed by atoms with Crippen molar-refractivity contribution in [2.24, 2.45) is 0 Å². The Morgan fingerprint density at radius 1 is 0.941 bits per heavy atom. The van der Waals surface area contributed by atoms with Crippen molar-refractivity contribution in [3.8, 4) is 16.9 Å². The SMILES string of the molecule is COc1ccc(-c2cnc(Nc3cccc(C(=O)N4CCC(N5CCCC5)CC4)c3)nc2)cc1. The fraction of sp³-hybridized carbons (Fsp3) is 0.370. The molecular weight excluding hydrogens is 426 g/mol. The molecule has 0 radical (unpaired) electrons. The molecule has 2 fully saturated rings. The van der Waals surface area contributed by atoms with E-state index in [1.165, 1.54) is 25.9 Å². The number of methoxy groups -OCH3 is 1. The van der Waals surface area contributed by atoms with Crippen LogP contribution in [0.5, 0.6) is 5.75 Å². The molecule has 1 aromatic heterocycles. The summed E-state index contributed by atoms with van der Waals surface area (Å²) in [6.45, 7) is 4.09. The minimum absolute atomic E-state index is 0.0966. The van der Waals surface area contributed by atoms with E-state index < -0.39 is 0 Å². The van der Waals surface area contributed by atoms with Crippen LogP contribution in [-0.2, 0) is 0 Å². The van der Waals surface area contributed by atoms with E-state index in [0.29, 0.717) is 17.6 Å². The first-order valence-electron chi connectivity index (χ1n) is 12.1. The van der Waals surface area contributed by atoms with Crippen molar-refractivity contribution in [2.75, 3.05) is 38.6 Å². The highest BCUT2D eigenvalue weighted by molar-refractivity contribution is 5.95. The normalized spacial score (nSPS) is 17.0. The third-order valence-electron chi connectivity index (χ3n) is 6.85. The number of piperidine rings is 1. The number of nitrogens with one attached hydrogen (secondary N) is 1. The predicted octanol–water partition coefficient (Wildman–Crippen LogP) is 4.60. The Bertz CT molecular complexity index is 1100. The lowest BCUT2D eigenvalue weighted by atomic mass is 10.0. The van der Waals surface area contributed by atoms with Gasteiger partial charge in [0.1, 0.15) is 5.75 Å². The van der Waals surface area contributed by atoms with Crippen molar-refractivity contribution in [3.05, 3.63) is 66.5 Å². The summed E-state index contributed by atoms with van der Waals surface area (Å²) in [4.78, 5) is 26.6. The maximum Gasteiger partial charge on any atom is 0.253 e. The van der Waals surface area contributed by atoms with Gasteiger partial charge in [-0.15, -0.1) is 0 Å². The van der Waals surface area contributed by atoms with Crippen LogP contribution in [0.1, 0.15) is 36.0 Å². The molecule has 0 unspecified atom stereocenters. The second kappa shape index (κ2) is 10.2. The molecule has 7 heteroatoms. The van der Waals surface area contributed by atoms with Crippen LogP contribution in [-0.4, -0.2) is 65.0 Å². The van der Waals surface area contributed by atoms with E-state index in [1.54, 1.807) is 19.5 Å². The number of anilines is 2. The summed E-state index contributed by atoms with van der Waals surface area (Å²) in [7, 11) is 1.65. The summed E-state index contributed by atoms with van der Waals surface area (Å²) >= 11 is 0. The number of carbonyl (C=O) groups excluding carboxylic acids is 1. The topological polar surface area (TPSA) is 70.6 Å². The molecule has 0 bridgehead atoms. The number of aromatic nitrogens is 2. The fourth-order valence-electron chi connectivity index (χ4n) is 4.91. The van der Waals surface area contributed by atoms with E-state index >= 15 is 0 Å². The standard InChI is InChI=1S/C27H31N5O2/c1-34-25-9-7-20(8-10-25)22-18-28-27(29-19-22)30-23-6-4-5-21(17-23)26(33)32-15-11-24(12-16-32)31-13-2-3-14-31/h4-10,17-19,24H,2-3,11-16H2,1H3,(H,28,29,30). The first-order valence-corrected chi connectivity index (χ1v) is 12.1.